The summed E-state index contributed by atoms with van der Waals surface area (Å²) in [5.41, 5.74) is -0.0579. The number of carbonyl (C=O) groups is 3. The van der Waals surface area contributed by atoms with Gasteiger partial charge in [0.1, 0.15) is 11.2 Å². The lowest BCUT2D eigenvalue weighted by molar-refractivity contribution is -0.165. The molecule has 0 bridgehead atoms. The van der Waals surface area contributed by atoms with Gasteiger partial charge in [-0.15, -0.1) is 0 Å². The number of epoxide rings is 1. The van der Waals surface area contributed by atoms with Crippen LogP contribution in [0.2, 0.25) is 0 Å². The van der Waals surface area contributed by atoms with Crippen molar-refractivity contribution in [2.24, 2.45) is 22.7 Å². The molecule has 8 atom stereocenters. The minimum Gasteiger partial charge on any atom is -0.458 e. The maximum absolute atomic E-state index is 12.3. The molecule has 4 aliphatic carbocycles. The first kappa shape index (κ1) is 19.8. The second-order valence-corrected chi connectivity index (χ2v) is 11.1. The fourth-order valence-corrected chi connectivity index (χ4v) is 8.66. The van der Waals surface area contributed by atoms with E-state index in [2.05, 4.69) is 19.2 Å². The van der Waals surface area contributed by atoms with E-state index in [9.17, 15) is 14.4 Å². The molecule has 7 nitrogen and oxygen atoms in total. The number of hydrogen-bond donors (Lipinski definition) is 1. The zero-order chi connectivity index (χ0) is 21.8. The molecular weight excluding hydrogens is 398 g/mol. The van der Waals surface area contributed by atoms with E-state index in [0.717, 1.165) is 37.7 Å². The lowest BCUT2D eigenvalue weighted by Crippen LogP contribution is -2.66. The number of ketones is 1. The molecule has 1 amide bonds. The van der Waals surface area contributed by atoms with Gasteiger partial charge in [-0.2, -0.15) is 0 Å². The number of fused-ring (bicyclic) bond motifs is 4. The first-order valence-corrected chi connectivity index (χ1v) is 11.7. The van der Waals surface area contributed by atoms with Gasteiger partial charge in [0.15, 0.2) is 5.78 Å². The highest BCUT2D eigenvalue weighted by atomic mass is 16.6. The van der Waals surface area contributed by atoms with E-state index in [-0.39, 0.29) is 52.2 Å². The molecule has 5 fully saturated rings. The first-order chi connectivity index (χ1) is 14.7. The lowest BCUT2D eigenvalue weighted by atomic mass is 9.45. The van der Waals surface area contributed by atoms with Gasteiger partial charge in [0.25, 0.3) is 0 Å². The second kappa shape index (κ2) is 5.91. The summed E-state index contributed by atoms with van der Waals surface area (Å²) in [4.78, 5) is 36.7. The zero-order valence-corrected chi connectivity index (χ0v) is 18.5. The third-order valence-electron chi connectivity index (χ3n) is 10.2. The van der Waals surface area contributed by atoms with Crippen LogP contribution < -0.4 is 5.32 Å². The number of alkyl carbamates (subject to hydrolysis) is 1. The van der Waals surface area contributed by atoms with Crippen LogP contribution in [0.25, 0.3) is 0 Å². The number of ether oxygens (including phenoxy) is 3. The molecule has 0 radical (unpaired) electrons. The van der Waals surface area contributed by atoms with Crippen LogP contribution in [0.4, 0.5) is 4.79 Å². The standard InChI is InChI=1S/C24H31NO6/c1-21-7-4-14(26)10-13(21)11-16(25-20(28)29-3)19-15-5-8-23(9-6-18(27)31-23)22(15,2)12-17-24(19,21)30-17/h10,15-17,19H,4-9,11-12H2,1-3H3,(H,25,28)/t15?,16?,17-,19?,21-,22-,23+,24?/m0/s1. The second-order valence-electron chi connectivity index (χ2n) is 11.1. The van der Waals surface area contributed by atoms with E-state index < -0.39 is 11.7 Å². The van der Waals surface area contributed by atoms with Crippen LogP contribution in [0.1, 0.15) is 65.2 Å². The summed E-state index contributed by atoms with van der Waals surface area (Å²) in [6, 6.07) is -0.167. The van der Waals surface area contributed by atoms with Gasteiger partial charge in [-0.1, -0.05) is 19.4 Å². The van der Waals surface area contributed by atoms with Crippen molar-refractivity contribution in [3.63, 3.8) is 0 Å². The Balaban J connectivity index is 1.46. The predicted molar refractivity (Wildman–Crippen MR) is 109 cm³/mol. The van der Waals surface area contributed by atoms with Crippen molar-refractivity contribution in [3.8, 4) is 0 Å². The Morgan fingerprint density at radius 2 is 2.00 bits per heavy atom. The fraction of sp³-hybridized carbons (Fsp3) is 0.792. The number of hydrogen-bond acceptors (Lipinski definition) is 6. The van der Waals surface area contributed by atoms with Crippen LogP contribution >= 0.6 is 0 Å². The number of amides is 1. The number of esters is 1. The van der Waals surface area contributed by atoms with Gasteiger partial charge in [-0.05, 0) is 50.5 Å². The van der Waals surface area contributed by atoms with Gasteiger partial charge >= 0.3 is 12.1 Å². The van der Waals surface area contributed by atoms with Crippen molar-refractivity contribution in [1.29, 1.82) is 0 Å². The highest BCUT2D eigenvalue weighted by Crippen LogP contribution is 2.77. The molecule has 0 aromatic rings. The third-order valence-corrected chi connectivity index (χ3v) is 10.2. The number of carbonyl (C=O) groups excluding carboxylic acids is 3. The Labute approximate surface area is 182 Å². The van der Waals surface area contributed by atoms with Crippen molar-refractivity contribution >= 4 is 17.8 Å². The molecule has 2 aliphatic heterocycles. The normalized spacial score (nSPS) is 51.8. The van der Waals surface area contributed by atoms with Gasteiger partial charge in [0.05, 0.1) is 13.2 Å². The summed E-state index contributed by atoms with van der Waals surface area (Å²) >= 11 is 0. The van der Waals surface area contributed by atoms with Crippen molar-refractivity contribution in [2.45, 2.75) is 88.6 Å². The molecule has 3 saturated carbocycles. The minimum absolute atomic E-state index is 0.0527. The van der Waals surface area contributed by atoms with Gasteiger partial charge in [0.2, 0.25) is 0 Å². The molecule has 2 spiro atoms. The van der Waals surface area contributed by atoms with Crippen molar-refractivity contribution in [3.05, 3.63) is 11.6 Å². The molecule has 1 N–H and O–H groups in total. The topological polar surface area (TPSA) is 94.2 Å². The van der Waals surface area contributed by atoms with Crippen LogP contribution in [0.3, 0.4) is 0 Å². The largest absolute Gasteiger partial charge is 0.458 e. The third kappa shape index (κ3) is 2.21. The number of rotatable bonds is 1. The van der Waals surface area contributed by atoms with Crippen LogP contribution in [-0.2, 0) is 23.8 Å². The summed E-state index contributed by atoms with van der Waals surface area (Å²) in [5, 5.41) is 3.10. The Hall–Kier alpha value is -1.89. The molecule has 7 heteroatoms. The SMILES string of the molecule is COC(=O)NC1CC2=CC(=O)CC[C@]2(C)C23O[C@H]2C[C@@]2(C)C(CC[C@@]24CCC(=O)O4)C13. The molecule has 0 aromatic heterocycles. The monoisotopic (exact) mass is 429 g/mol. The molecule has 2 saturated heterocycles. The van der Waals surface area contributed by atoms with Crippen LogP contribution in [-0.4, -0.2) is 48.3 Å². The van der Waals surface area contributed by atoms with Gasteiger partial charge < -0.3 is 19.5 Å². The van der Waals surface area contributed by atoms with Gasteiger partial charge in [-0.25, -0.2) is 4.79 Å². The van der Waals surface area contributed by atoms with E-state index in [1.165, 1.54) is 7.11 Å². The quantitative estimate of drug-likeness (QED) is 0.509. The molecule has 6 aliphatic rings. The molecule has 168 valence electrons. The van der Waals surface area contributed by atoms with Crippen molar-refractivity contribution < 1.29 is 28.6 Å². The molecule has 0 aromatic carbocycles. The van der Waals surface area contributed by atoms with E-state index in [1.807, 2.05) is 6.08 Å². The van der Waals surface area contributed by atoms with Gasteiger partial charge in [-0.3, -0.25) is 9.59 Å². The maximum atomic E-state index is 12.3. The summed E-state index contributed by atoms with van der Waals surface area (Å²) in [7, 11) is 1.38. The van der Waals surface area contributed by atoms with Crippen molar-refractivity contribution in [2.75, 3.05) is 7.11 Å². The maximum Gasteiger partial charge on any atom is 0.407 e. The number of methoxy groups -OCH3 is 1. The Morgan fingerprint density at radius 3 is 2.71 bits per heavy atom. The highest BCUT2D eigenvalue weighted by Gasteiger charge is 2.83. The van der Waals surface area contributed by atoms with Crippen LogP contribution in [0.15, 0.2) is 11.6 Å². The molecule has 4 unspecified atom stereocenters. The average Bonchev–Trinajstić information content (AvgIpc) is 3.21. The summed E-state index contributed by atoms with van der Waals surface area (Å²) in [5.74, 6) is 0.445. The average molecular weight is 430 g/mol. The van der Waals surface area contributed by atoms with Crippen LogP contribution in [0.5, 0.6) is 0 Å². The molecule has 2 heterocycles. The first-order valence-electron chi connectivity index (χ1n) is 11.7. The fourth-order valence-electron chi connectivity index (χ4n) is 8.66. The molecule has 6 rings (SSSR count). The Bertz CT molecular complexity index is 929. The minimum atomic E-state index is -0.448. The summed E-state index contributed by atoms with van der Waals surface area (Å²) < 4.78 is 17.7. The lowest BCUT2D eigenvalue weighted by Gasteiger charge is -2.59. The Morgan fingerprint density at radius 1 is 1.19 bits per heavy atom. The highest BCUT2D eigenvalue weighted by molar-refractivity contribution is 5.92. The number of nitrogens with one attached hydrogen (secondary N) is 1. The van der Waals surface area contributed by atoms with Gasteiger partial charge in [0, 0.05) is 35.6 Å². The summed E-state index contributed by atoms with van der Waals surface area (Å²) in [6.07, 6.45) is 7.35. The van der Waals surface area contributed by atoms with E-state index in [4.69, 9.17) is 14.2 Å². The van der Waals surface area contributed by atoms with Crippen molar-refractivity contribution in [1.82, 2.24) is 5.32 Å². The van der Waals surface area contributed by atoms with E-state index in [1.54, 1.807) is 0 Å². The zero-order valence-electron chi connectivity index (χ0n) is 18.5. The van der Waals surface area contributed by atoms with E-state index in [0.29, 0.717) is 19.3 Å². The molecular formula is C24H31NO6. The molecule has 31 heavy (non-hydrogen) atoms. The van der Waals surface area contributed by atoms with E-state index >= 15 is 0 Å². The Kier molecular flexibility index (Phi) is 3.77. The van der Waals surface area contributed by atoms with Crippen LogP contribution in [0, 0.1) is 22.7 Å². The smallest absolute Gasteiger partial charge is 0.407 e. The summed E-state index contributed by atoms with van der Waals surface area (Å²) in [6.45, 7) is 4.54. The predicted octanol–water partition coefficient (Wildman–Crippen LogP) is 3.06.